The molecule has 0 amide bonds. The van der Waals surface area contributed by atoms with Crippen molar-refractivity contribution in [2.75, 3.05) is 5.32 Å². The van der Waals surface area contributed by atoms with Gasteiger partial charge in [0.15, 0.2) is 0 Å². The molecule has 34 heavy (non-hydrogen) atoms. The van der Waals surface area contributed by atoms with Gasteiger partial charge in [0.05, 0.1) is 22.7 Å². The maximum absolute atomic E-state index is 13.5. The summed E-state index contributed by atoms with van der Waals surface area (Å²) in [6.07, 6.45) is -3.18. The van der Waals surface area contributed by atoms with Crippen LogP contribution in [0.15, 0.2) is 60.8 Å². The highest BCUT2D eigenvalue weighted by Crippen LogP contribution is 2.37. The van der Waals surface area contributed by atoms with Crippen molar-refractivity contribution >= 4 is 46.4 Å². The van der Waals surface area contributed by atoms with Gasteiger partial charge in [-0.1, -0.05) is 39.0 Å². The molecule has 0 atom stereocenters. The Morgan fingerprint density at radius 1 is 0.941 bits per heavy atom. The van der Waals surface area contributed by atoms with Gasteiger partial charge >= 0.3 is 6.18 Å². The minimum absolute atomic E-state index is 0. The molecule has 2 aromatic heterocycles. The average Bonchev–Trinajstić information content (AvgIpc) is 2.77. The van der Waals surface area contributed by atoms with E-state index in [0.29, 0.717) is 28.1 Å². The summed E-state index contributed by atoms with van der Waals surface area (Å²) in [7, 11) is 0. The number of aromatic nitrogens is 3. The first kappa shape index (κ1) is 25.7. The van der Waals surface area contributed by atoms with Crippen LogP contribution in [-0.4, -0.2) is 15.0 Å². The second-order valence-corrected chi connectivity index (χ2v) is 8.97. The van der Waals surface area contributed by atoms with Crippen molar-refractivity contribution in [3.05, 3.63) is 77.7 Å². The molecule has 2 aromatic carbocycles. The number of anilines is 2. The Kier molecular flexibility index (Phi) is 7.38. The summed E-state index contributed by atoms with van der Waals surface area (Å²) < 4.78 is 40.4. The number of hydrogen-bond donors (Lipinski definition) is 1. The summed E-state index contributed by atoms with van der Waals surface area (Å²) in [5, 5.41) is 3.95. The minimum atomic E-state index is -4.52. The second-order valence-electron chi connectivity index (χ2n) is 8.70. The minimum Gasteiger partial charge on any atom is -0.340 e. The number of benzene rings is 2. The van der Waals surface area contributed by atoms with Gasteiger partial charge in [-0.2, -0.15) is 13.2 Å². The normalized spacial score (nSPS) is 11.9. The molecule has 4 aromatic rings. The highest BCUT2D eigenvalue weighted by atomic mass is 35.5. The van der Waals surface area contributed by atoms with Gasteiger partial charge in [-0.15, -0.1) is 24.0 Å². The Labute approximate surface area is 207 Å². The number of nitrogens with one attached hydrogen (secondary N) is 1. The summed E-state index contributed by atoms with van der Waals surface area (Å²) >= 11 is 6.00. The lowest BCUT2D eigenvalue weighted by Crippen LogP contribution is -2.10. The molecular weight excluding hydrogens is 484 g/mol. The van der Waals surface area contributed by atoms with E-state index in [0.717, 1.165) is 11.8 Å². The summed E-state index contributed by atoms with van der Waals surface area (Å²) in [5.74, 6) is 0.963. The third-order valence-corrected chi connectivity index (χ3v) is 5.50. The molecule has 0 bridgehead atoms. The molecular formula is C25H23Cl2F3N4. The molecule has 0 spiro atoms. The van der Waals surface area contributed by atoms with E-state index in [1.807, 2.05) is 24.3 Å². The van der Waals surface area contributed by atoms with Crippen LogP contribution in [0.1, 0.15) is 37.7 Å². The number of halogens is 5. The molecule has 0 saturated carbocycles. The van der Waals surface area contributed by atoms with Crippen LogP contribution in [0, 0.1) is 0 Å². The molecule has 1 N–H and O–H groups in total. The van der Waals surface area contributed by atoms with Crippen LogP contribution in [-0.2, 0) is 17.5 Å². The SMILES string of the molecule is CC(C)(C)c1ccc(Nc2nc(CCl)nc3cc(-c4ncccc4C(F)(F)F)ccc23)cc1.Cl. The van der Waals surface area contributed by atoms with Gasteiger partial charge in [-0.3, -0.25) is 4.98 Å². The highest BCUT2D eigenvalue weighted by molar-refractivity contribution is 6.16. The predicted molar refractivity (Wildman–Crippen MR) is 133 cm³/mol. The van der Waals surface area contributed by atoms with Gasteiger partial charge in [0, 0.05) is 22.8 Å². The first-order valence-corrected chi connectivity index (χ1v) is 10.9. The zero-order chi connectivity index (χ0) is 23.8. The maximum Gasteiger partial charge on any atom is 0.418 e. The first-order valence-electron chi connectivity index (χ1n) is 10.3. The molecule has 0 fully saturated rings. The fourth-order valence-corrected chi connectivity index (χ4v) is 3.65. The van der Waals surface area contributed by atoms with Crippen molar-refractivity contribution in [1.29, 1.82) is 0 Å². The van der Waals surface area contributed by atoms with E-state index in [2.05, 4.69) is 41.0 Å². The third kappa shape index (κ3) is 5.42. The summed E-state index contributed by atoms with van der Waals surface area (Å²) in [5.41, 5.74) is 1.90. The highest BCUT2D eigenvalue weighted by Gasteiger charge is 2.34. The topological polar surface area (TPSA) is 50.7 Å². The Hall–Kier alpha value is -2.90. The van der Waals surface area contributed by atoms with Crippen molar-refractivity contribution < 1.29 is 13.2 Å². The summed E-state index contributed by atoms with van der Waals surface area (Å²) in [6.45, 7) is 6.43. The van der Waals surface area contributed by atoms with Crippen molar-refractivity contribution in [2.45, 2.75) is 38.2 Å². The van der Waals surface area contributed by atoms with E-state index >= 15 is 0 Å². The molecule has 178 valence electrons. The molecule has 4 rings (SSSR count). The number of pyridine rings is 1. The molecule has 0 radical (unpaired) electrons. The van der Waals surface area contributed by atoms with E-state index in [1.165, 1.54) is 17.8 Å². The lowest BCUT2D eigenvalue weighted by molar-refractivity contribution is -0.137. The molecule has 0 aliphatic heterocycles. The van der Waals surface area contributed by atoms with Crippen LogP contribution in [0.2, 0.25) is 0 Å². The van der Waals surface area contributed by atoms with Crippen LogP contribution < -0.4 is 5.32 Å². The molecule has 0 unspecified atom stereocenters. The van der Waals surface area contributed by atoms with Crippen molar-refractivity contribution in [3.8, 4) is 11.3 Å². The zero-order valence-corrected chi connectivity index (χ0v) is 20.3. The molecule has 2 heterocycles. The fourth-order valence-electron chi connectivity index (χ4n) is 3.53. The van der Waals surface area contributed by atoms with Crippen LogP contribution in [0.5, 0.6) is 0 Å². The summed E-state index contributed by atoms with van der Waals surface area (Å²) in [4.78, 5) is 12.9. The van der Waals surface area contributed by atoms with Crippen LogP contribution in [0.3, 0.4) is 0 Å². The average molecular weight is 507 g/mol. The monoisotopic (exact) mass is 506 g/mol. The van der Waals surface area contributed by atoms with Gasteiger partial charge in [0.25, 0.3) is 0 Å². The van der Waals surface area contributed by atoms with Gasteiger partial charge in [0.2, 0.25) is 0 Å². The lowest BCUT2D eigenvalue weighted by atomic mass is 9.87. The Balaban J connectivity index is 0.00000324. The van der Waals surface area contributed by atoms with Crippen LogP contribution >= 0.6 is 24.0 Å². The van der Waals surface area contributed by atoms with Crippen molar-refractivity contribution in [1.82, 2.24) is 15.0 Å². The summed E-state index contributed by atoms with van der Waals surface area (Å²) in [6, 6.07) is 15.2. The number of fused-ring (bicyclic) bond motifs is 1. The number of alkyl halides is 4. The first-order chi connectivity index (χ1) is 15.6. The molecule has 9 heteroatoms. The van der Waals surface area contributed by atoms with Gasteiger partial charge in [-0.05, 0) is 47.4 Å². The van der Waals surface area contributed by atoms with E-state index in [-0.39, 0.29) is 29.4 Å². The number of nitrogens with zero attached hydrogens (tertiary/aromatic N) is 3. The maximum atomic E-state index is 13.5. The van der Waals surface area contributed by atoms with E-state index in [1.54, 1.807) is 18.2 Å². The molecule has 4 nitrogen and oxygen atoms in total. The van der Waals surface area contributed by atoms with Crippen molar-refractivity contribution in [3.63, 3.8) is 0 Å². The van der Waals surface area contributed by atoms with Crippen LogP contribution in [0.4, 0.5) is 24.7 Å². The predicted octanol–water partition coefficient (Wildman–Crippen LogP) is 7.91. The van der Waals surface area contributed by atoms with Gasteiger partial charge in [-0.25, -0.2) is 9.97 Å². The lowest BCUT2D eigenvalue weighted by Gasteiger charge is -2.19. The standard InChI is InChI=1S/C25H22ClF3N4.ClH/c1-24(2,3)16-7-9-17(10-8-16)31-23-18-11-6-15(13-20(18)32-21(14-26)33-23)22-19(25(27,28)29)5-4-12-30-22;/h4-13H,14H2,1-3H3,(H,31,32,33);1H. The Morgan fingerprint density at radius 3 is 2.26 bits per heavy atom. The van der Waals surface area contributed by atoms with Gasteiger partial charge in [0.1, 0.15) is 11.6 Å². The smallest absolute Gasteiger partial charge is 0.340 e. The quantitative estimate of drug-likeness (QED) is 0.285. The fraction of sp³-hybridized carbons (Fsp3) is 0.240. The van der Waals surface area contributed by atoms with Crippen LogP contribution in [0.25, 0.3) is 22.2 Å². The van der Waals surface area contributed by atoms with Crippen molar-refractivity contribution in [2.24, 2.45) is 0 Å². The number of hydrogen-bond acceptors (Lipinski definition) is 4. The second kappa shape index (κ2) is 9.76. The van der Waals surface area contributed by atoms with E-state index < -0.39 is 11.7 Å². The van der Waals surface area contributed by atoms with E-state index in [9.17, 15) is 13.2 Å². The molecule has 0 saturated heterocycles. The number of rotatable bonds is 4. The Bertz CT molecular complexity index is 1300. The Morgan fingerprint density at radius 2 is 1.65 bits per heavy atom. The molecule has 0 aliphatic carbocycles. The largest absolute Gasteiger partial charge is 0.418 e. The van der Waals surface area contributed by atoms with Gasteiger partial charge < -0.3 is 5.32 Å². The molecule has 0 aliphatic rings. The van der Waals surface area contributed by atoms with E-state index in [4.69, 9.17) is 11.6 Å². The third-order valence-electron chi connectivity index (χ3n) is 5.26. The zero-order valence-electron chi connectivity index (χ0n) is 18.7.